The van der Waals surface area contributed by atoms with Crippen LogP contribution in [0.4, 0.5) is 5.69 Å². The number of aromatic hydroxyl groups is 1. The summed E-state index contributed by atoms with van der Waals surface area (Å²) < 4.78 is 6.02. The fourth-order valence-electron chi connectivity index (χ4n) is 2.21. The van der Waals surface area contributed by atoms with Gasteiger partial charge in [-0.25, -0.2) is 4.98 Å². The van der Waals surface area contributed by atoms with Crippen LogP contribution in [0.15, 0.2) is 48.6 Å². The van der Waals surface area contributed by atoms with Gasteiger partial charge in [0.2, 0.25) is 0 Å². The molecule has 1 aromatic heterocycles. The fraction of sp³-hybridized carbons (Fsp3) is 0.0556. The third-order valence-corrected chi connectivity index (χ3v) is 4.43. The summed E-state index contributed by atoms with van der Waals surface area (Å²) in [5.41, 5.74) is 1.65. The number of hydrogen-bond donors (Lipinski definition) is 1. The van der Waals surface area contributed by atoms with Crippen molar-refractivity contribution in [1.82, 2.24) is 4.98 Å². The molecule has 3 rings (SSSR count). The van der Waals surface area contributed by atoms with E-state index in [1.165, 1.54) is 30.6 Å². The molecule has 126 valence electrons. The van der Waals surface area contributed by atoms with Gasteiger partial charge in [-0.15, -0.1) is 11.3 Å². The lowest BCUT2D eigenvalue weighted by Crippen LogP contribution is -1.86. The molecule has 0 saturated heterocycles. The smallest absolute Gasteiger partial charge is 0.269 e. The van der Waals surface area contributed by atoms with Crippen LogP contribution >= 0.6 is 11.3 Å². The van der Waals surface area contributed by atoms with Gasteiger partial charge in [0.1, 0.15) is 5.01 Å². The standard InChI is InChI=1S/C18H14N2O4S/c1-24-16-11-17-14(10-15(16)21)19-18(25-17)5-3-2-4-12-6-8-13(9-7-12)20(22)23/h2-11,21H,1H3. The summed E-state index contributed by atoms with van der Waals surface area (Å²) in [5, 5.41) is 21.2. The predicted octanol–water partition coefficient (Wildman–Crippen LogP) is 4.65. The van der Waals surface area contributed by atoms with Crippen LogP contribution in [0, 0.1) is 10.1 Å². The molecule has 1 heterocycles. The topological polar surface area (TPSA) is 85.5 Å². The number of aromatic nitrogens is 1. The molecule has 7 heteroatoms. The van der Waals surface area contributed by atoms with Crippen molar-refractivity contribution in [2.75, 3.05) is 7.11 Å². The Morgan fingerprint density at radius 3 is 2.60 bits per heavy atom. The molecule has 0 saturated carbocycles. The first kappa shape index (κ1) is 16.7. The van der Waals surface area contributed by atoms with E-state index in [9.17, 15) is 15.2 Å². The maximum atomic E-state index is 10.6. The van der Waals surface area contributed by atoms with Crippen LogP contribution < -0.4 is 4.74 Å². The van der Waals surface area contributed by atoms with Gasteiger partial charge in [-0.05, 0) is 23.8 Å². The number of allylic oxidation sites excluding steroid dienone is 2. The van der Waals surface area contributed by atoms with E-state index >= 15 is 0 Å². The predicted molar refractivity (Wildman–Crippen MR) is 99.0 cm³/mol. The largest absolute Gasteiger partial charge is 0.504 e. The number of nitrogens with zero attached hydrogens (tertiary/aromatic N) is 2. The van der Waals surface area contributed by atoms with E-state index in [2.05, 4.69) is 4.98 Å². The van der Waals surface area contributed by atoms with Crippen molar-refractivity contribution in [3.63, 3.8) is 0 Å². The number of hydrogen-bond acceptors (Lipinski definition) is 6. The van der Waals surface area contributed by atoms with E-state index in [1.807, 2.05) is 24.3 Å². The van der Waals surface area contributed by atoms with E-state index in [4.69, 9.17) is 4.74 Å². The normalized spacial score (nSPS) is 11.6. The van der Waals surface area contributed by atoms with Gasteiger partial charge >= 0.3 is 0 Å². The molecule has 1 N–H and O–H groups in total. The Morgan fingerprint density at radius 1 is 1.20 bits per heavy atom. The zero-order chi connectivity index (χ0) is 17.8. The zero-order valence-corrected chi connectivity index (χ0v) is 14.1. The van der Waals surface area contributed by atoms with Crippen LogP contribution in [0.2, 0.25) is 0 Å². The van der Waals surface area contributed by atoms with Gasteiger partial charge in [-0.1, -0.05) is 18.2 Å². The number of ether oxygens (including phenoxy) is 1. The molecule has 0 atom stereocenters. The van der Waals surface area contributed by atoms with Crippen molar-refractivity contribution in [2.45, 2.75) is 0 Å². The molecule has 0 aliphatic rings. The SMILES string of the molecule is COc1cc2sc(C=CC=Cc3ccc([N+](=O)[O-])cc3)nc2cc1O. The van der Waals surface area contributed by atoms with Gasteiger partial charge in [0.15, 0.2) is 11.5 Å². The molecule has 0 amide bonds. The first-order chi connectivity index (χ1) is 12.1. The highest BCUT2D eigenvalue weighted by Crippen LogP contribution is 2.34. The third kappa shape index (κ3) is 3.84. The lowest BCUT2D eigenvalue weighted by molar-refractivity contribution is -0.384. The van der Waals surface area contributed by atoms with Crippen LogP contribution in [0.3, 0.4) is 0 Å². The second kappa shape index (κ2) is 7.14. The van der Waals surface area contributed by atoms with E-state index < -0.39 is 4.92 Å². The van der Waals surface area contributed by atoms with Crippen molar-refractivity contribution >= 4 is 39.4 Å². The molecule has 0 unspecified atom stereocenters. The van der Waals surface area contributed by atoms with Crippen molar-refractivity contribution in [3.8, 4) is 11.5 Å². The highest BCUT2D eigenvalue weighted by Gasteiger charge is 2.08. The molecule has 25 heavy (non-hydrogen) atoms. The highest BCUT2D eigenvalue weighted by molar-refractivity contribution is 7.19. The summed E-state index contributed by atoms with van der Waals surface area (Å²) >= 11 is 1.49. The first-order valence-corrected chi connectivity index (χ1v) is 8.15. The number of nitro benzene ring substituents is 1. The van der Waals surface area contributed by atoms with Gasteiger partial charge in [-0.3, -0.25) is 10.1 Å². The minimum absolute atomic E-state index is 0.0638. The molecular weight excluding hydrogens is 340 g/mol. The Labute approximate surface area is 147 Å². The number of benzene rings is 2. The fourth-order valence-corrected chi connectivity index (χ4v) is 3.10. The van der Waals surface area contributed by atoms with E-state index in [0.29, 0.717) is 11.3 Å². The first-order valence-electron chi connectivity index (χ1n) is 7.33. The second-order valence-electron chi connectivity index (χ2n) is 5.11. The van der Waals surface area contributed by atoms with Crippen LogP contribution in [0.25, 0.3) is 22.4 Å². The van der Waals surface area contributed by atoms with Crippen molar-refractivity contribution < 1.29 is 14.8 Å². The molecule has 0 spiro atoms. The molecule has 0 bridgehead atoms. The number of phenols is 1. The molecular formula is C18H14N2O4S. The number of phenolic OH excluding ortho intramolecular Hbond substituents is 1. The summed E-state index contributed by atoms with van der Waals surface area (Å²) in [4.78, 5) is 14.6. The van der Waals surface area contributed by atoms with Crippen LogP contribution in [0.1, 0.15) is 10.6 Å². The zero-order valence-electron chi connectivity index (χ0n) is 13.2. The average molecular weight is 354 g/mol. The van der Waals surface area contributed by atoms with Crippen LogP contribution in [0.5, 0.6) is 11.5 Å². The minimum atomic E-state index is -0.423. The maximum Gasteiger partial charge on any atom is 0.269 e. The number of thiazole rings is 1. The average Bonchev–Trinajstić information content (AvgIpc) is 2.99. The van der Waals surface area contributed by atoms with E-state index in [0.717, 1.165) is 15.3 Å². The van der Waals surface area contributed by atoms with Crippen molar-refractivity contribution in [3.05, 3.63) is 69.2 Å². The van der Waals surface area contributed by atoms with Gasteiger partial charge in [0, 0.05) is 24.3 Å². The summed E-state index contributed by atoms with van der Waals surface area (Å²) in [6.07, 6.45) is 7.39. The Balaban J connectivity index is 1.73. The summed E-state index contributed by atoms with van der Waals surface area (Å²) in [6.45, 7) is 0. The number of fused-ring (bicyclic) bond motifs is 1. The molecule has 2 aromatic carbocycles. The number of non-ortho nitro benzene ring substituents is 1. The highest BCUT2D eigenvalue weighted by atomic mass is 32.1. The lowest BCUT2D eigenvalue weighted by Gasteiger charge is -2.01. The van der Waals surface area contributed by atoms with Gasteiger partial charge in [-0.2, -0.15) is 0 Å². The number of nitro groups is 1. The molecule has 0 aliphatic heterocycles. The third-order valence-electron chi connectivity index (χ3n) is 3.45. The molecule has 0 fully saturated rings. The maximum absolute atomic E-state index is 10.6. The molecule has 6 nitrogen and oxygen atoms in total. The van der Waals surface area contributed by atoms with Crippen LogP contribution in [-0.2, 0) is 0 Å². The van der Waals surface area contributed by atoms with Crippen molar-refractivity contribution in [2.24, 2.45) is 0 Å². The Bertz CT molecular complexity index is 975. The Hall–Kier alpha value is -3.19. The van der Waals surface area contributed by atoms with Gasteiger partial charge in [0.05, 0.1) is 22.2 Å². The van der Waals surface area contributed by atoms with Crippen LogP contribution in [-0.4, -0.2) is 22.1 Å². The molecule has 3 aromatic rings. The lowest BCUT2D eigenvalue weighted by atomic mass is 10.2. The summed E-state index contributed by atoms with van der Waals surface area (Å²) in [7, 11) is 1.51. The Morgan fingerprint density at radius 2 is 1.92 bits per heavy atom. The van der Waals surface area contributed by atoms with Crippen molar-refractivity contribution in [1.29, 1.82) is 0 Å². The Kier molecular flexibility index (Phi) is 4.76. The minimum Gasteiger partial charge on any atom is -0.504 e. The second-order valence-corrected chi connectivity index (χ2v) is 6.17. The number of methoxy groups -OCH3 is 1. The quantitative estimate of drug-likeness (QED) is 0.410. The molecule has 0 aliphatic carbocycles. The molecule has 0 radical (unpaired) electrons. The summed E-state index contributed by atoms with van der Waals surface area (Å²) in [5.74, 6) is 0.485. The van der Waals surface area contributed by atoms with Gasteiger partial charge in [0.25, 0.3) is 5.69 Å². The number of rotatable bonds is 5. The van der Waals surface area contributed by atoms with E-state index in [1.54, 1.807) is 24.3 Å². The monoisotopic (exact) mass is 354 g/mol. The van der Waals surface area contributed by atoms with E-state index in [-0.39, 0.29) is 11.4 Å². The summed E-state index contributed by atoms with van der Waals surface area (Å²) in [6, 6.07) is 9.65. The van der Waals surface area contributed by atoms with Gasteiger partial charge < -0.3 is 9.84 Å².